The van der Waals surface area contributed by atoms with Crippen molar-refractivity contribution in [2.45, 2.75) is 20.3 Å². The molecule has 98 valence electrons. The van der Waals surface area contributed by atoms with Crippen molar-refractivity contribution in [1.82, 2.24) is 0 Å². The van der Waals surface area contributed by atoms with E-state index in [1.165, 1.54) is 0 Å². The van der Waals surface area contributed by atoms with Crippen LogP contribution in [0.1, 0.15) is 17.5 Å². The number of hydrogen-bond acceptors (Lipinski definition) is 3. The smallest absolute Gasteiger partial charge is 0.228 e. The molecule has 0 radical (unpaired) electrons. The van der Waals surface area contributed by atoms with Crippen LogP contribution in [0.2, 0.25) is 0 Å². The van der Waals surface area contributed by atoms with Gasteiger partial charge in [-0.3, -0.25) is 4.79 Å². The van der Waals surface area contributed by atoms with Crippen molar-refractivity contribution in [2.75, 3.05) is 16.8 Å². The molecule has 2 rings (SSSR count). The molecule has 4 nitrogen and oxygen atoms in total. The normalized spacial score (nSPS) is 21.8. The fourth-order valence-electron chi connectivity index (χ4n) is 2.12. The SMILES string of the molecule is Cc1cccc(NC(=O)C2CCS(=O)(=O)C2)c1C. The Hall–Kier alpha value is -1.36. The van der Waals surface area contributed by atoms with Crippen LogP contribution < -0.4 is 5.32 Å². The molecule has 0 aromatic heterocycles. The molecule has 1 atom stereocenters. The Labute approximate surface area is 107 Å². The number of rotatable bonds is 2. The predicted molar refractivity (Wildman–Crippen MR) is 71.3 cm³/mol. The van der Waals surface area contributed by atoms with Gasteiger partial charge in [0.15, 0.2) is 9.84 Å². The number of hydrogen-bond donors (Lipinski definition) is 1. The predicted octanol–water partition coefficient (Wildman–Crippen LogP) is 1.68. The lowest BCUT2D eigenvalue weighted by Crippen LogP contribution is -2.24. The van der Waals surface area contributed by atoms with Crippen LogP contribution in [0.3, 0.4) is 0 Å². The summed E-state index contributed by atoms with van der Waals surface area (Å²) in [6.45, 7) is 3.92. The monoisotopic (exact) mass is 267 g/mol. The van der Waals surface area contributed by atoms with Gasteiger partial charge in [0.05, 0.1) is 17.4 Å². The Morgan fingerprint density at radius 1 is 1.33 bits per heavy atom. The molecule has 1 saturated heterocycles. The molecule has 0 saturated carbocycles. The first kappa shape index (κ1) is 13.1. The van der Waals surface area contributed by atoms with Gasteiger partial charge < -0.3 is 5.32 Å². The van der Waals surface area contributed by atoms with Crippen molar-refractivity contribution >= 4 is 21.4 Å². The van der Waals surface area contributed by atoms with Gasteiger partial charge in [-0.25, -0.2) is 8.42 Å². The highest BCUT2D eigenvalue weighted by Crippen LogP contribution is 2.23. The molecule has 0 aliphatic carbocycles. The summed E-state index contributed by atoms with van der Waals surface area (Å²) in [5.74, 6) is -0.499. The number of aryl methyl sites for hydroxylation is 1. The first-order valence-electron chi connectivity index (χ1n) is 5.96. The van der Waals surface area contributed by atoms with Crippen molar-refractivity contribution in [2.24, 2.45) is 5.92 Å². The van der Waals surface area contributed by atoms with Gasteiger partial charge in [0.1, 0.15) is 0 Å². The Morgan fingerprint density at radius 3 is 2.67 bits per heavy atom. The molecule has 1 amide bonds. The highest BCUT2D eigenvalue weighted by molar-refractivity contribution is 7.91. The van der Waals surface area contributed by atoms with Crippen LogP contribution >= 0.6 is 0 Å². The van der Waals surface area contributed by atoms with Gasteiger partial charge in [0.2, 0.25) is 5.91 Å². The van der Waals surface area contributed by atoms with Crippen LogP contribution in [0.15, 0.2) is 18.2 Å². The highest BCUT2D eigenvalue weighted by atomic mass is 32.2. The summed E-state index contributed by atoms with van der Waals surface area (Å²) in [4.78, 5) is 12.0. The minimum atomic E-state index is -3.01. The third-order valence-electron chi connectivity index (χ3n) is 3.47. The van der Waals surface area contributed by atoms with E-state index >= 15 is 0 Å². The second-order valence-corrected chi connectivity index (χ2v) is 7.07. The van der Waals surface area contributed by atoms with E-state index in [-0.39, 0.29) is 17.4 Å². The second kappa shape index (κ2) is 4.72. The van der Waals surface area contributed by atoms with E-state index < -0.39 is 15.8 Å². The van der Waals surface area contributed by atoms with Crippen LogP contribution in [0.4, 0.5) is 5.69 Å². The number of carbonyl (C=O) groups excluding carboxylic acids is 1. The van der Waals surface area contributed by atoms with Crippen LogP contribution in [-0.4, -0.2) is 25.8 Å². The van der Waals surface area contributed by atoms with Crippen molar-refractivity contribution < 1.29 is 13.2 Å². The maximum absolute atomic E-state index is 12.0. The Bertz CT molecular complexity index is 578. The molecule has 1 aromatic rings. The van der Waals surface area contributed by atoms with Gasteiger partial charge in [0, 0.05) is 5.69 Å². The third kappa shape index (κ3) is 2.72. The molecular formula is C13H17NO3S. The molecule has 1 aliphatic heterocycles. The Balaban J connectivity index is 2.11. The number of carbonyl (C=O) groups is 1. The first-order valence-corrected chi connectivity index (χ1v) is 7.79. The van der Waals surface area contributed by atoms with E-state index in [1.54, 1.807) is 0 Å². The summed E-state index contributed by atoms with van der Waals surface area (Å²) >= 11 is 0. The van der Waals surface area contributed by atoms with Crippen LogP contribution in [0, 0.1) is 19.8 Å². The maximum Gasteiger partial charge on any atom is 0.228 e. The van der Waals surface area contributed by atoms with E-state index in [2.05, 4.69) is 5.32 Å². The van der Waals surface area contributed by atoms with Crippen LogP contribution in [-0.2, 0) is 14.6 Å². The van der Waals surface area contributed by atoms with Gasteiger partial charge in [-0.05, 0) is 37.5 Å². The minimum Gasteiger partial charge on any atom is -0.326 e. The van der Waals surface area contributed by atoms with Gasteiger partial charge in [-0.2, -0.15) is 0 Å². The summed E-state index contributed by atoms with van der Waals surface area (Å²) in [5, 5.41) is 2.83. The number of amides is 1. The summed E-state index contributed by atoms with van der Waals surface area (Å²) < 4.78 is 22.7. The van der Waals surface area contributed by atoms with Crippen molar-refractivity contribution in [3.63, 3.8) is 0 Å². The number of nitrogens with one attached hydrogen (secondary N) is 1. The van der Waals surface area contributed by atoms with E-state index in [9.17, 15) is 13.2 Å². The van der Waals surface area contributed by atoms with E-state index in [4.69, 9.17) is 0 Å². The molecule has 1 unspecified atom stereocenters. The van der Waals surface area contributed by atoms with Gasteiger partial charge in [-0.15, -0.1) is 0 Å². The average molecular weight is 267 g/mol. The second-order valence-electron chi connectivity index (χ2n) is 4.84. The zero-order chi connectivity index (χ0) is 13.3. The lowest BCUT2D eigenvalue weighted by Gasteiger charge is -2.13. The molecule has 5 heteroatoms. The zero-order valence-electron chi connectivity index (χ0n) is 10.6. The molecule has 1 heterocycles. The third-order valence-corrected chi connectivity index (χ3v) is 5.23. The fourth-order valence-corrected chi connectivity index (χ4v) is 3.86. The maximum atomic E-state index is 12.0. The number of anilines is 1. The van der Waals surface area contributed by atoms with Crippen molar-refractivity contribution in [3.8, 4) is 0 Å². The highest BCUT2D eigenvalue weighted by Gasteiger charge is 2.33. The summed E-state index contributed by atoms with van der Waals surface area (Å²) in [7, 11) is -3.01. The zero-order valence-corrected chi connectivity index (χ0v) is 11.4. The van der Waals surface area contributed by atoms with E-state index in [0.29, 0.717) is 6.42 Å². The standard InChI is InChI=1S/C13H17NO3S/c1-9-4-3-5-12(10(9)2)14-13(15)11-6-7-18(16,17)8-11/h3-5,11H,6-8H2,1-2H3,(H,14,15). The molecule has 1 fully saturated rings. The average Bonchev–Trinajstić information content (AvgIpc) is 2.65. The van der Waals surface area contributed by atoms with Crippen molar-refractivity contribution in [1.29, 1.82) is 0 Å². The topological polar surface area (TPSA) is 63.2 Å². The number of benzene rings is 1. The molecule has 0 spiro atoms. The number of sulfone groups is 1. The van der Waals surface area contributed by atoms with E-state index in [1.807, 2.05) is 32.0 Å². The molecule has 18 heavy (non-hydrogen) atoms. The molecule has 1 aromatic carbocycles. The van der Waals surface area contributed by atoms with Crippen LogP contribution in [0.25, 0.3) is 0 Å². The van der Waals surface area contributed by atoms with Gasteiger partial charge >= 0.3 is 0 Å². The van der Waals surface area contributed by atoms with Gasteiger partial charge in [-0.1, -0.05) is 12.1 Å². The summed E-state index contributed by atoms with van der Waals surface area (Å²) in [6.07, 6.45) is 0.430. The Kier molecular flexibility index (Phi) is 3.43. The van der Waals surface area contributed by atoms with E-state index in [0.717, 1.165) is 16.8 Å². The van der Waals surface area contributed by atoms with Crippen molar-refractivity contribution in [3.05, 3.63) is 29.3 Å². The lowest BCUT2D eigenvalue weighted by molar-refractivity contribution is -0.119. The largest absolute Gasteiger partial charge is 0.326 e. The lowest BCUT2D eigenvalue weighted by atomic mass is 10.1. The van der Waals surface area contributed by atoms with Gasteiger partial charge in [0.25, 0.3) is 0 Å². The molecular weight excluding hydrogens is 250 g/mol. The molecule has 1 aliphatic rings. The van der Waals surface area contributed by atoms with Crippen LogP contribution in [0.5, 0.6) is 0 Å². The molecule has 0 bridgehead atoms. The summed E-state index contributed by atoms with van der Waals surface area (Å²) in [5.41, 5.74) is 2.89. The summed E-state index contributed by atoms with van der Waals surface area (Å²) in [6, 6.07) is 5.69. The first-order chi connectivity index (χ1) is 8.39. The molecule has 1 N–H and O–H groups in total. The Morgan fingerprint density at radius 2 is 2.06 bits per heavy atom. The fraction of sp³-hybridized carbons (Fsp3) is 0.462. The quantitative estimate of drug-likeness (QED) is 0.886. The minimum absolute atomic E-state index is 0.0241.